The molecule has 1 heterocycles. The SMILES string of the molecule is CCCCCCCCCCNCCCC.Cc1cccc2c1C=CC2c1cc2ccccc2n1C(=O)O. The number of nitrogens with one attached hydrogen (secondary N) is 1. The minimum Gasteiger partial charge on any atom is -0.464 e. The van der Waals surface area contributed by atoms with Gasteiger partial charge in [-0.3, -0.25) is 0 Å². The van der Waals surface area contributed by atoms with Gasteiger partial charge in [0.1, 0.15) is 0 Å². The van der Waals surface area contributed by atoms with Gasteiger partial charge >= 0.3 is 6.09 Å². The van der Waals surface area contributed by atoms with Crippen molar-refractivity contribution in [2.75, 3.05) is 13.1 Å². The number of carbonyl (C=O) groups is 1. The highest BCUT2D eigenvalue weighted by Crippen LogP contribution is 2.38. The van der Waals surface area contributed by atoms with Crippen molar-refractivity contribution >= 4 is 23.1 Å². The van der Waals surface area contributed by atoms with Crippen LogP contribution in [-0.2, 0) is 0 Å². The highest BCUT2D eigenvalue weighted by Gasteiger charge is 2.26. The molecule has 1 atom stereocenters. The average molecular weight is 503 g/mol. The van der Waals surface area contributed by atoms with Crippen LogP contribution < -0.4 is 5.32 Å². The third-order valence-corrected chi connectivity index (χ3v) is 7.31. The molecule has 3 aromatic rings. The minimum atomic E-state index is -0.939. The van der Waals surface area contributed by atoms with Crippen LogP contribution in [0.5, 0.6) is 0 Å². The van der Waals surface area contributed by atoms with Crippen molar-refractivity contribution in [1.29, 1.82) is 0 Å². The maximum absolute atomic E-state index is 11.8. The van der Waals surface area contributed by atoms with E-state index in [9.17, 15) is 9.90 Å². The molecule has 1 aliphatic rings. The number of allylic oxidation sites excluding steroid dienone is 1. The van der Waals surface area contributed by atoms with Gasteiger partial charge in [0.15, 0.2) is 0 Å². The molecule has 0 amide bonds. The molecule has 37 heavy (non-hydrogen) atoms. The van der Waals surface area contributed by atoms with Gasteiger partial charge in [0.25, 0.3) is 0 Å². The van der Waals surface area contributed by atoms with Crippen molar-refractivity contribution < 1.29 is 9.90 Å². The molecule has 1 aliphatic carbocycles. The van der Waals surface area contributed by atoms with Gasteiger partial charge in [-0.1, -0.05) is 114 Å². The average Bonchev–Trinajstić information content (AvgIpc) is 3.50. The molecule has 2 N–H and O–H groups in total. The first-order valence-corrected chi connectivity index (χ1v) is 14.4. The van der Waals surface area contributed by atoms with E-state index in [0.29, 0.717) is 0 Å². The van der Waals surface area contributed by atoms with Crippen LogP contribution >= 0.6 is 0 Å². The van der Waals surface area contributed by atoms with Crippen LogP contribution in [0.4, 0.5) is 4.79 Å². The number of aromatic nitrogens is 1. The minimum absolute atomic E-state index is 0.0154. The quantitative estimate of drug-likeness (QED) is 0.229. The molecule has 0 bridgehead atoms. The van der Waals surface area contributed by atoms with Gasteiger partial charge in [-0.25, -0.2) is 9.36 Å². The zero-order valence-corrected chi connectivity index (χ0v) is 23.1. The van der Waals surface area contributed by atoms with E-state index in [0.717, 1.165) is 16.6 Å². The molecule has 4 rings (SSSR count). The van der Waals surface area contributed by atoms with Gasteiger partial charge in [-0.2, -0.15) is 0 Å². The first-order valence-electron chi connectivity index (χ1n) is 14.4. The Morgan fingerprint density at radius 2 is 1.54 bits per heavy atom. The van der Waals surface area contributed by atoms with Crippen LogP contribution in [0.15, 0.2) is 54.6 Å². The van der Waals surface area contributed by atoms with Crippen LogP contribution in [-0.4, -0.2) is 28.9 Å². The fraction of sp³-hybridized carbons (Fsp3) is 0.485. The van der Waals surface area contributed by atoms with Gasteiger partial charge in [-0.15, -0.1) is 0 Å². The first kappa shape index (κ1) is 28.7. The van der Waals surface area contributed by atoms with Gasteiger partial charge in [-0.05, 0) is 61.7 Å². The summed E-state index contributed by atoms with van der Waals surface area (Å²) in [5.41, 5.74) is 5.13. The van der Waals surface area contributed by atoms with Crippen LogP contribution in [0, 0.1) is 6.92 Å². The largest absolute Gasteiger partial charge is 0.464 e. The van der Waals surface area contributed by atoms with Crippen molar-refractivity contribution in [2.24, 2.45) is 0 Å². The molecule has 0 spiro atoms. The summed E-state index contributed by atoms with van der Waals surface area (Å²) >= 11 is 0. The van der Waals surface area contributed by atoms with E-state index in [4.69, 9.17) is 0 Å². The Morgan fingerprint density at radius 1 is 0.865 bits per heavy atom. The molecule has 0 radical (unpaired) electrons. The number of carboxylic acid groups (broad SMARTS) is 1. The molecule has 0 aliphatic heterocycles. The Labute approximate surface area is 223 Å². The Hall–Kier alpha value is -2.85. The monoisotopic (exact) mass is 502 g/mol. The predicted octanol–water partition coefficient (Wildman–Crippen LogP) is 9.15. The lowest BCUT2D eigenvalue weighted by Gasteiger charge is -2.13. The summed E-state index contributed by atoms with van der Waals surface area (Å²) in [5.74, 6) is -0.0154. The lowest BCUT2D eigenvalue weighted by atomic mass is 9.95. The maximum Gasteiger partial charge on any atom is 0.416 e. The molecular formula is C33H46N2O2. The van der Waals surface area contributed by atoms with Crippen molar-refractivity contribution in [3.05, 3.63) is 77.0 Å². The number of nitrogens with zero attached hydrogens (tertiary/aromatic N) is 1. The summed E-state index contributed by atoms with van der Waals surface area (Å²) in [6.07, 6.45) is 17.3. The Kier molecular flexibility index (Phi) is 12.0. The Bertz CT molecular complexity index is 1130. The molecule has 1 aromatic heterocycles. The summed E-state index contributed by atoms with van der Waals surface area (Å²) in [4.78, 5) is 11.8. The standard InChI is InChI=1S/C19H15NO2.C14H31N/c1-12-5-4-7-15-14(12)9-10-16(15)18-11-13-6-2-3-8-17(13)20(18)19(21)22;1-3-5-7-8-9-10-11-12-14-15-13-6-4-2/h2-11,16H,1H3,(H,21,22);15H,3-14H2,1-2H3. The summed E-state index contributed by atoms with van der Waals surface area (Å²) in [6, 6.07) is 15.8. The smallest absolute Gasteiger partial charge is 0.416 e. The van der Waals surface area contributed by atoms with E-state index in [2.05, 4.69) is 50.4 Å². The van der Waals surface area contributed by atoms with Gasteiger partial charge < -0.3 is 10.4 Å². The summed E-state index contributed by atoms with van der Waals surface area (Å²) in [5, 5.41) is 14.1. The number of hydrogen-bond donors (Lipinski definition) is 2. The lowest BCUT2D eigenvalue weighted by molar-refractivity contribution is 0.196. The molecule has 0 saturated heterocycles. The Balaban J connectivity index is 0.000000225. The summed E-state index contributed by atoms with van der Waals surface area (Å²) in [6.45, 7) is 9.06. The molecule has 0 fully saturated rings. The van der Waals surface area contributed by atoms with E-state index in [1.807, 2.05) is 36.4 Å². The number of para-hydroxylation sites is 1. The molecule has 2 aromatic carbocycles. The van der Waals surface area contributed by atoms with E-state index in [1.54, 1.807) is 0 Å². The van der Waals surface area contributed by atoms with Crippen LogP contribution in [0.3, 0.4) is 0 Å². The number of fused-ring (bicyclic) bond motifs is 2. The predicted molar refractivity (Wildman–Crippen MR) is 158 cm³/mol. The van der Waals surface area contributed by atoms with Crippen molar-refractivity contribution in [3.8, 4) is 0 Å². The van der Waals surface area contributed by atoms with Crippen LogP contribution in [0.25, 0.3) is 17.0 Å². The van der Waals surface area contributed by atoms with E-state index in [-0.39, 0.29) is 5.92 Å². The van der Waals surface area contributed by atoms with E-state index in [1.165, 1.54) is 98.6 Å². The number of aryl methyl sites for hydroxylation is 1. The second-order valence-electron chi connectivity index (χ2n) is 10.2. The Morgan fingerprint density at radius 3 is 2.27 bits per heavy atom. The molecule has 4 heteroatoms. The van der Waals surface area contributed by atoms with Crippen molar-refractivity contribution in [1.82, 2.24) is 9.88 Å². The summed E-state index contributed by atoms with van der Waals surface area (Å²) < 4.78 is 1.40. The third kappa shape index (κ3) is 8.07. The van der Waals surface area contributed by atoms with Crippen LogP contribution in [0.1, 0.15) is 106 Å². The zero-order valence-electron chi connectivity index (χ0n) is 23.1. The third-order valence-electron chi connectivity index (χ3n) is 7.31. The van der Waals surface area contributed by atoms with Crippen molar-refractivity contribution in [2.45, 2.75) is 90.9 Å². The highest BCUT2D eigenvalue weighted by molar-refractivity contribution is 5.91. The lowest BCUT2D eigenvalue weighted by Crippen LogP contribution is -2.16. The number of rotatable bonds is 13. The van der Waals surface area contributed by atoms with Gasteiger partial charge in [0.05, 0.1) is 5.52 Å². The molecule has 4 nitrogen and oxygen atoms in total. The number of unbranched alkanes of at least 4 members (excludes halogenated alkanes) is 8. The second-order valence-corrected chi connectivity index (χ2v) is 10.2. The summed E-state index contributed by atoms with van der Waals surface area (Å²) in [7, 11) is 0. The first-order chi connectivity index (χ1) is 18.1. The molecule has 0 saturated carbocycles. The van der Waals surface area contributed by atoms with E-state index < -0.39 is 6.09 Å². The fourth-order valence-electron chi connectivity index (χ4n) is 5.19. The second kappa shape index (κ2) is 15.4. The topological polar surface area (TPSA) is 54.3 Å². The van der Waals surface area contributed by atoms with Gasteiger partial charge in [0, 0.05) is 17.0 Å². The molecule has 1 unspecified atom stereocenters. The van der Waals surface area contributed by atoms with Crippen LogP contribution in [0.2, 0.25) is 0 Å². The number of hydrogen-bond acceptors (Lipinski definition) is 2. The molecular weight excluding hydrogens is 456 g/mol. The highest BCUT2D eigenvalue weighted by atomic mass is 16.4. The molecule has 200 valence electrons. The van der Waals surface area contributed by atoms with Gasteiger partial charge in [0.2, 0.25) is 0 Å². The normalized spacial score (nSPS) is 14.0. The van der Waals surface area contributed by atoms with E-state index >= 15 is 0 Å². The fourth-order valence-corrected chi connectivity index (χ4v) is 5.19. The maximum atomic E-state index is 11.8. The zero-order chi connectivity index (χ0) is 26.5. The number of benzene rings is 2. The van der Waals surface area contributed by atoms with Crippen molar-refractivity contribution in [3.63, 3.8) is 0 Å².